The summed E-state index contributed by atoms with van der Waals surface area (Å²) in [6.45, 7) is 0. The van der Waals surface area contributed by atoms with Gasteiger partial charge in [0.05, 0.1) is 7.11 Å². The Kier molecular flexibility index (Phi) is 2.38. The van der Waals surface area contributed by atoms with Crippen LogP contribution in [0.5, 0.6) is 0 Å². The van der Waals surface area contributed by atoms with Gasteiger partial charge >= 0.3 is 0 Å². The van der Waals surface area contributed by atoms with Crippen molar-refractivity contribution >= 4 is 5.69 Å². The van der Waals surface area contributed by atoms with E-state index in [0.717, 1.165) is 13.2 Å². The van der Waals surface area contributed by atoms with Crippen molar-refractivity contribution in [2.75, 3.05) is 12.4 Å². The zero-order valence-electron chi connectivity index (χ0n) is 5.92. The van der Waals surface area contributed by atoms with Crippen LogP contribution in [0.1, 0.15) is 0 Å². The molecule has 0 amide bonds. The normalized spacial score (nSPS) is 9.73. The molecule has 0 fully saturated rings. The highest BCUT2D eigenvalue weighted by Crippen LogP contribution is 2.18. The van der Waals surface area contributed by atoms with Gasteiger partial charge in [-0.05, 0) is 12.1 Å². The number of para-hydroxylation sites is 1. The van der Waals surface area contributed by atoms with Crippen LogP contribution in [-0.4, -0.2) is 7.11 Å². The van der Waals surface area contributed by atoms with Crippen molar-refractivity contribution in [3.63, 3.8) is 0 Å². The molecule has 60 valence electrons. The van der Waals surface area contributed by atoms with Gasteiger partial charge in [0.15, 0.2) is 5.82 Å². The van der Waals surface area contributed by atoms with Crippen molar-refractivity contribution in [1.82, 2.24) is 0 Å². The minimum Gasteiger partial charge on any atom is -0.248 e. The fourth-order valence-corrected chi connectivity index (χ4v) is 0.693. The summed E-state index contributed by atoms with van der Waals surface area (Å²) in [5, 5.41) is -0.130. The second kappa shape index (κ2) is 3.30. The summed E-state index contributed by atoms with van der Waals surface area (Å²) in [5.41, 5.74) is -0.227. The van der Waals surface area contributed by atoms with Gasteiger partial charge in [-0.25, -0.2) is 9.23 Å². The van der Waals surface area contributed by atoms with Crippen LogP contribution in [0.3, 0.4) is 0 Å². The molecular formula is C7H7F2NO. The van der Waals surface area contributed by atoms with Crippen molar-refractivity contribution < 1.29 is 13.7 Å². The molecule has 0 aromatic heterocycles. The van der Waals surface area contributed by atoms with Gasteiger partial charge in [0.2, 0.25) is 0 Å². The molecule has 0 heterocycles. The molecule has 0 aliphatic carbocycles. The first-order valence-corrected chi connectivity index (χ1v) is 3.00. The number of rotatable bonds is 2. The molecule has 0 saturated heterocycles. The summed E-state index contributed by atoms with van der Waals surface area (Å²) in [7, 11) is 1.12. The second-order valence-corrected chi connectivity index (χ2v) is 1.88. The molecular weight excluding hydrogens is 152 g/mol. The van der Waals surface area contributed by atoms with Gasteiger partial charge in [0.25, 0.3) is 0 Å². The number of hydrogen-bond acceptors (Lipinski definition) is 2. The average molecular weight is 159 g/mol. The first kappa shape index (κ1) is 7.94. The molecule has 0 spiro atoms. The number of halogens is 2. The molecule has 1 rings (SSSR count). The summed E-state index contributed by atoms with van der Waals surface area (Å²) < 4.78 is 25.2. The summed E-state index contributed by atoms with van der Waals surface area (Å²) in [4.78, 5) is 4.14. The quantitative estimate of drug-likeness (QED) is 0.483. The Labute approximate surface area is 62.9 Å². The van der Waals surface area contributed by atoms with Gasteiger partial charge in [0, 0.05) is 0 Å². The lowest BCUT2D eigenvalue weighted by atomic mass is 10.3. The van der Waals surface area contributed by atoms with Gasteiger partial charge in [-0.2, -0.15) is 0 Å². The van der Waals surface area contributed by atoms with Crippen LogP contribution in [0, 0.1) is 5.82 Å². The molecule has 0 unspecified atom stereocenters. The van der Waals surface area contributed by atoms with Gasteiger partial charge in [-0.1, -0.05) is 21.9 Å². The molecule has 11 heavy (non-hydrogen) atoms. The zero-order valence-corrected chi connectivity index (χ0v) is 5.92. The molecule has 0 aliphatic heterocycles. The van der Waals surface area contributed by atoms with E-state index in [4.69, 9.17) is 0 Å². The Morgan fingerprint density at radius 1 is 1.36 bits per heavy atom. The van der Waals surface area contributed by atoms with Gasteiger partial charge in [0.1, 0.15) is 5.69 Å². The maximum Gasteiger partial charge on any atom is 0.151 e. The summed E-state index contributed by atoms with van der Waals surface area (Å²) in [5.74, 6) is -0.656. The van der Waals surface area contributed by atoms with Gasteiger partial charge in [-0.15, -0.1) is 0 Å². The summed E-state index contributed by atoms with van der Waals surface area (Å²) >= 11 is 0. The Hall–Kier alpha value is -1.16. The predicted molar refractivity (Wildman–Crippen MR) is 37.0 cm³/mol. The third-order valence-corrected chi connectivity index (χ3v) is 1.20. The summed E-state index contributed by atoms with van der Waals surface area (Å²) in [6.07, 6.45) is 0. The van der Waals surface area contributed by atoms with Crippen LogP contribution >= 0.6 is 0 Å². The minimum absolute atomic E-state index is 0.130. The van der Waals surface area contributed by atoms with Crippen molar-refractivity contribution in [3.8, 4) is 0 Å². The number of hydrogen-bond donors (Lipinski definition) is 0. The molecule has 4 heteroatoms. The van der Waals surface area contributed by atoms with E-state index in [9.17, 15) is 8.87 Å². The van der Waals surface area contributed by atoms with E-state index in [2.05, 4.69) is 4.84 Å². The fraction of sp³-hybridized carbons (Fsp3) is 0.143. The largest absolute Gasteiger partial charge is 0.248 e. The average Bonchev–Trinajstić information content (AvgIpc) is 2.04. The molecule has 2 nitrogen and oxygen atoms in total. The van der Waals surface area contributed by atoms with Crippen molar-refractivity contribution in [2.45, 2.75) is 0 Å². The standard InChI is InChI=1S/C7H7F2NO/c1-11-10(9)7-5-3-2-4-6(7)8/h2-5H,1H3. The molecule has 0 radical (unpaired) electrons. The lowest BCUT2D eigenvalue weighted by Gasteiger charge is -2.09. The topological polar surface area (TPSA) is 12.5 Å². The van der Waals surface area contributed by atoms with Gasteiger partial charge in [-0.3, -0.25) is 0 Å². The Bertz CT molecular complexity index is 242. The van der Waals surface area contributed by atoms with E-state index in [0.29, 0.717) is 0 Å². The summed E-state index contributed by atoms with van der Waals surface area (Å²) in [6, 6.07) is 5.42. The lowest BCUT2D eigenvalue weighted by Crippen LogP contribution is -2.10. The maximum atomic E-state index is 12.7. The number of benzene rings is 1. The molecule has 0 bridgehead atoms. The first-order chi connectivity index (χ1) is 5.25. The molecule has 0 atom stereocenters. The molecule has 0 aliphatic rings. The first-order valence-electron chi connectivity index (χ1n) is 3.00. The van der Waals surface area contributed by atoms with E-state index < -0.39 is 5.82 Å². The van der Waals surface area contributed by atoms with E-state index in [1.807, 2.05) is 0 Å². The van der Waals surface area contributed by atoms with Crippen LogP contribution in [0.25, 0.3) is 0 Å². The SMILES string of the molecule is CON(F)c1ccccc1F. The Morgan fingerprint density at radius 2 is 2.00 bits per heavy atom. The van der Waals surface area contributed by atoms with Crippen LogP contribution < -0.4 is 5.29 Å². The van der Waals surface area contributed by atoms with E-state index >= 15 is 0 Å². The van der Waals surface area contributed by atoms with E-state index in [1.54, 1.807) is 0 Å². The molecule has 1 aromatic carbocycles. The highest BCUT2D eigenvalue weighted by atomic mass is 19.2. The highest BCUT2D eigenvalue weighted by molar-refractivity contribution is 5.42. The van der Waals surface area contributed by atoms with Crippen molar-refractivity contribution in [3.05, 3.63) is 30.1 Å². The zero-order chi connectivity index (χ0) is 8.27. The Morgan fingerprint density at radius 3 is 2.55 bits per heavy atom. The van der Waals surface area contributed by atoms with Gasteiger partial charge < -0.3 is 0 Å². The lowest BCUT2D eigenvalue weighted by molar-refractivity contribution is 0.0578. The van der Waals surface area contributed by atoms with Crippen molar-refractivity contribution in [1.29, 1.82) is 0 Å². The minimum atomic E-state index is -0.656. The number of anilines is 1. The number of nitrogens with zero attached hydrogens (tertiary/aromatic N) is 1. The van der Waals surface area contributed by atoms with E-state index in [-0.39, 0.29) is 11.0 Å². The smallest absolute Gasteiger partial charge is 0.151 e. The van der Waals surface area contributed by atoms with Crippen LogP contribution in [0.15, 0.2) is 24.3 Å². The van der Waals surface area contributed by atoms with Crippen molar-refractivity contribution in [2.24, 2.45) is 0 Å². The van der Waals surface area contributed by atoms with Crippen LogP contribution in [0.2, 0.25) is 0 Å². The monoisotopic (exact) mass is 159 g/mol. The fourth-order valence-electron chi connectivity index (χ4n) is 0.693. The predicted octanol–water partition coefficient (Wildman–Crippen LogP) is 2.08. The Balaban J connectivity index is 2.93. The second-order valence-electron chi connectivity index (χ2n) is 1.88. The molecule has 0 N–H and O–H groups in total. The third-order valence-electron chi connectivity index (χ3n) is 1.20. The van der Waals surface area contributed by atoms with Crippen LogP contribution in [-0.2, 0) is 4.84 Å². The third kappa shape index (κ3) is 1.65. The highest BCUT2D eigenvalue weighted by Gasteiger charge is 2.07. The maximum absolute atomic E-state index is 12.7. The molecule has 0 saturated carbocycles. The van der Waals surface area contributed by atoms with Crippen LogP contribution in [0.4, 0.5) is 14.6 Å². The van der Waals surface area contributed by atoms with E-state index in [1.165, 1.54) is 18.2 Å². The molecule has 1 aromatic rings.